The molecule has 0 atom stereocenters. The minimum Gasteiger partial charge on any atom is -0.455 e. The van der Waals surface area contributed by atoms with Crippen LogP contribution in [0, 0.1) is 20.2 Å². The number of nitro benzene ring substituents is 2. The molecule has 0 saturated carbocycles. The number of hydrazone groups is 1. The molecule has 0 saturated heterocycles. The molecule has 3 N–H and O–H groups in total. The first-order chi connectivity index (χ1) is 14.1. The molecule has 0 amide bonds. The Morgan fingerprint density at radius 1 is 1.00 bits per heavy atom. The Balaban J connectivity index is 1.76. The fourth-order valence-electron chi connectivity index (χ4n) is 2.42. The zero-order chi connectivity index (χ0) is 21.9. The molecule has 154 valence electrons. The van der Waals surface area contributed by atoms with Gasteiger partial charge < -0.3 is 4.42 Å². The lowest BCUT2D eigenvalue weighted by Crippen LogP contribution is -2.12. The number of non-ortho nitro benzene ring substituents is 1. The van der Waals surface area contributed by atoms with Crippen molar-refractivity contribution in [3.63, 3.8) is 0 Å². The van der Waals surface area contributed by atoms with Crippen LogP contribution in [0.2, 0.25) is 0 Å². The summed E-state index contributed by atoms with van der Waals surface area (Å²) in [6, 6.07) is 12.1. The maximum absolute atomic E-state index is 11.3. The molecule has 0 aliphatic heterocycles. The van der Waals surface area contributed by atoms with Crippen molar-refractivity contribution in [1.82, 2.24) is 0 Å². The van der Waals surface area contributed by atoms with E-state index in [4.69, 9.17) is 9.56 Å². The second-order valence-corrected chi connectivity index (χ2v) is 7.42. The van der Waals surface area contributed by atoms with Crippen molar-refractivity contribution in [1.29, 1.82) is 0 Å². The first-order valence-corrected chi connectivity index (χ1v) is 9.65. The highest BCUT2D eigenvalue weighted by atomic mass is 32.2. The molecule has 2 aromatic carbocycles. The number of rotatable bonds is 7. The van der Waals surface area contributed by atoms with E-state index in [0.717, 1.165) is 12.1 Å². The highest BCUT2D eigenvalue weighted by molar-refractivity contribution is 7.89. The minimum absolute atomic E-state index is 0.0497. The summed E-state index contributed by atoms with van der Waals surface area (Å²) < 4.78 is 28.3. The molecule has 1 heterocycles. The van der Waals surface area contributed by atoms with Crippen LogP contribution in [0.5, 0.6) is 0 Å². The number of hydrogen-bond acceptors (Lipinski definition) is 9. The first kappa shape index (κ1) is 20.6. The number of primary sulfonamides is 1. The summed E-state index contributed by atoms with van der Waals surface area (Å²) in [7, 11) is -4.09. The van der Waals surface area contributed by atoms with E-state index in [9.17, 15) is 28.6 Å². The number of hydrogen-bond donors (Lipinski definition) is 2. The molecule has 0 aliphatic rings. The highest BCUT2D eigenvalue weighted by Gasteiger charge is 2.18. The Morgan fingerprint density at radius 3 is 2.30 bits per heavy atom. The highest BCUT2D eigenvalue weighted by Crippen LogP contribution is 2.27. The maximum atomic E-state index is 11.3. The minimum atomic E-state index is -4.09. The molecule has 3 aromatic rings. The third kappa shape index (κ3) is 4.65. The van der Waals surface area contributed by atoms with Gasteiger partial charge in [0.1, 0.15) is 17.2 Å². The Hall–Kier alpha value is -4.10. The number of anilines is 1. The molecular weight excluding hydrogens is 418 g/mol. The number of benzene rings is 2. The molecule has 1 aromatic heterocycles. The predicted molar refractivity (Wildman–Crippen MR) is 106 cm³/mol. The van der Waals surface area contributed by atoms with Gasteiger partial charge >= 0.3 is 0 Å². The summed E-state index contributed by atoms with van der Waals surface area (Å²) in [5, 5.41) is 30.7. The van der Waals surface area contributed by atoms with Crippen LogP contribution in [0.25, 0.3) is 11.3 Å². The number of nitrogens with zero attached hydrogens (tertiary/aromatic N) is 3. The quantitative estimate of drug-likeness (QED) is 0.325. The molecule has 0 radical (unpaired) electrons. The molecule has 13 heteroatoms. The van der Waals surface area contributed by atoms with Crippen LogP contribution in [-0.2, 0) is 10.0 Å². The van der Waals surface area contributed by atoms with E-state index >= 15 is 0 Å². The largest absolute Gasteiger partial charge is 0.455 e. The normalized spacial score (nSPS) is 11.5. The van der Waals surface area contributed by atoms with Crippen LogP contribution < -0.4 is 10.6 Å². The second kappa shape index (κ2) is 8.10. The van der Waals surface area contributed by atoms with Gasteiger partial charge in [0.25, 0.3) is 11.4 Å². The van der Waals surface area contributed by atoms with Gasteiger partial charge in [-0.1, -0.05) is 0 Å². The van der Waals surface area contributed by atoms with E-state index in [2.05, 4.69) is 10.5 Å². The first-order valence-electron chi connectivity index (χ1n) is 8.10. The Morgan fingerprint density at radius 2 is 1.70 bits per heavy atom. The summed E-state index contributed by atoms with van der Waals surface area (Å²) in [4.78, 5) is 20.2. The zero-order valence-electron chi connectivity index (χ0n) is 15.0. The third-order valence-electron chi connectivity index (χ3n) is 3.86. The van der Waals surface area contributed by atoms with Gasteiger partial charge in [0, 0.05) is 23.8 Å². The zero-order valence-corrected chi connectivity index (χ0v) is 15.8. The molecule has 12 nitrogen and oxygen atoms in total. The van der Waals surface area contributed by atoms with Crippen molar-refractivity contribution in [2.24, 2.45) is 10.2 Å². The van der Waals surface area contributed by atoms with Gasteiger partial charge in [0.15, 0.2) is 0 Å². The molecular formula is C17H13N5O7S. The molecule has 0 aliphatic carbocycles. The Labute approximate surface area is 169 Å². The van der Waals surface area contributed by atoms with Crippen molar-refractivity contribution >= 4 is 33.3 Å². The molecule has 0 spiro atoms. The summed E-state index contributed by atoms with van der Waals surface area (Å²) in [5.74, 6) is 0.745. The van der Waals surface area contributed by atoms with E-state index in [1.165, 1.54) is 36.5 Å². The molecule has 3 rings (SSSR count). The number of nitrogens with two attached hydrogens (primary N) is 1. The number of nitrogens with one attached hydrogen (secondary N) is 1. The van der Waals surface area contributed by atoms with E-state index in [1.807, 2.05) is 0 Å². The lowest BCUT2D eigenvalue weighted by Gasteiger charge is -2.04. The smallest absolute Gasteiger partial charge is 0.295 e. The van der Waals surface area contributed by atoms with Crippen LogP contribution in [0.1, 0.15) is 5.76 Å². The molecule has 0 fully saturated rings. The van der Waals surface area contributed by atoms with Gasteiger partial charge in [-0.3, -0.25) is 25.7 Å². The fourth-order valence-corrected chi connectivity index (χ4v) is 2.96. The van der Waals surface area contributed by atoms with Crippen molar-refractivity contribution in [2.45, 2.75) is 4.90 Å². The number of furan rings is 1. The van der Waals surface area contributed by atoms with Gasteiger partial charge in [-0.15, -0.1) is 0 Å². The topological polar surface area (TPSA) is 184 Å². The average molecular weight is 431 g/mol. The van der Waals surface area contributed by atoms with E-state index in [0.29, 0.717) is 17.1 Å². The monoisotopic (exact) mass is 431 g/mol. The van der Waals surface area contributed by atoms with Gasteiger partial charge in [0.05, 0.1) is 21.0 Å². The fraction of sp³-hybridized carbons (Fsp3) is 0. The maximum Gasteiger partial charge on any atom is 0.295 e. The van der Waals surface area contributed by atoms with Crippen LogP contribution >= 0.6 is 0 Å². The van der Waals surface area contributed by atoms with Crippen LogP contribution in [0.3, 0.4) is 0 Å². The van der Waals surface area contributed by atoms with Crippen molar-refractivity contribution in [3.8, 4) is 11.3 Å². The Bertz CT molecular complexity index is 1250. The van der Waals surface area contributed by atoms with Gasteiger partial charge in [-0.25, -0.2) is 13.6 Å². The molecule has 0 unspecified atom stereocenters. The summed E-state index contributed by atoms with van der Waals surface area (Å²) in [6.45, 7) is 0. The van der Waals surface area contributed by atoms with Crippen LogP contribution in [-0.4, -0.2) is 24.5 Å². The average Bonchev–Trinajstić information content (AvgIpc) is 3.16. The lowest BCUT2D eigenvalue weighted by molar-refractivity contribution is -0.384. The summed E-state index contributed by atoms with van der Waals surface area (Å²) in [6.07, 6.45) is 1.26. The van der Waals surface area contributed by atoms with Crippen LogP contribution in [0.15, 0.2) is 69.0 Å². The van der Waals surface area contributed by atoms with Crippen molar-refractivity contribution < 1.29 is 22.7 Å². The number of sulfonamides is 1. The summed E-state index contributed by atoms with van der Waals surface area (Å²) >= 11 is 0. The van der Waals surface area contributed by atoms with E-state index in [-0.39, 0.29) is 11.4 Å². The lowest BCUT2D eigenvalue weighted by atomic mass is 10.1. The van der Waals surface area contributed by atoms with Crippen molar-refractivity contribution in [3.05, 3.63) is 80.6 Å². The van der Waals surface area contributed by atoms with E-state index < -0.39 is 30.5 Å². The van der Waals surface area contributed by atoms with Gasteiger partial charge in [0.2, 0.25) is 10.0 Å². The van der Waals surface area contributed by atoms with Crippen LogP contribution in [0.4, 0.5) is 17.1 Å². The molecule has 30 heavy (non-hydrogen) atoms. The predicted octanol–water partition coefficient (Wildman–Crippen LogP) is 2.86. The standard InChI is InChI=1S/C17H13N5O7S/c18-30(27,28)14-6-7-15(16(9-14)22(25)26)20-19-10-13-5-8-17(29-13)11-1-3-12(4-2-11)21(23)24/h1-10,20H,(H2,18,27,28). The third-order valence-corrected chi connectivity index (χ3v) is 4.77. The van der Waals surface area contributed by atoms with Gasteiger partial charge in [-0.05, 0) is 36.4 Å². The number of nitro groups is 2. The second-order valence-electron chi connectivity index (χ2n) is 5.86. The SMILES string of the molecule is NS(=O)(=O)c1ccc(NN=Cc2ccc(-c3ccc([N+](=O)[O-])cc3)o2)c([N+](=O)[O-])c1. The summed E-state index contributed by atoms with van der Waals surface area (Å²) in [5.41, 5.74) is 2.44. The molecule has 0 bridgehead atoms. The van der Waals surface area contributed by atoms with Gasteiger partial charge in [-0.2, -0.15) is 5.10 Å². The Kier molecular flexibility index (Phi) is 5.57. The van der Waals surface area contributed by atoms with Crippen molar-refractivity contribution in [2.75, 3.05) is 5.43 Å². The van der Waals surface area contributed by atoms with E-state index in [1.54, 1.807) is 12.1 Å².